The molecule has 1 heterocycles. The Bertz CT molecular complexity index is 672. The number of hydrogen-bond acceptors (Lipinski definition) is 4. The Morgan fingerprint density at radius 3 is 2.58 bits per heavy atom. The summed E-state index contributed by atoms with van der Waals surface area (Å²) in [6.45, 7) is 3.87. The molecule has 0 saturated heterocycles. The van der Waals surface area contributed by atoms with E-state index in [1.54, 1.807) is 20.5 Å². The molecule has 0 aliphatic carbocycles. The minimum atomic E-state index is 0.494. The summed E-state index contributed by atoms with van der Waals surface area (Å²) in [7, 11) is 3.23. The smallest absolute Gasteiger partial charge is 0.191 e. The highest BCUT2D eigenvalue weighted by atomic mass is 79.9. The number of halogens is 1. The molecular formula is C17H22BrN3O3. The maximum Gasteiger partial charge on any atom is 0.191 e. The number of aliphatic imine (C=N–C) groups is 1. The van der Waals surface area contributed by atoms with Gasteiger partial charge in [0, 0.05) is 11.0 Å². The van der Waals surface area contributed by atoms with E-state index >= 15 is 0 Å². The van der Waals surface area contributed by atoms with Crippen molar-refractivity contribution >= 4 is 21.9 Å². The Hall–Kier alpha value is -2.15. The quantitative estimate of drug-likeness (QED) is 0.555. The Labute approximate surface area is 150 Å². The van der Waals surface area contributed by atoms with Crippen LogP contribution in [-0.4, -0.2) is 26.7 Å². The van der Waals surface area contributed by atoms with E-state index < -0.39 is 0 Å². The molecule has 0 saturated carbocycles. The Kier molecular flexibility index (Phi) is 6.99. The second-order valence-electron chi connectivity index (χ2n) is 4.93. The molecule has 0 fully saturated rings. The Morgan fingerprint density at radius 1 is 1.21 bits per heavy atom. The molecule has 0 atom stereocenters. The van der Waals surface area contributed by atoms with Crippen molar-refractivity contribution < 1.29 is 13.9 Å². The zero-order valence-corrected chi connectivity index (χ0v) is 15.6. The van der Waals surface area contributed by atoms with E-state index in [0.29, 0.717) is 24.6 Å². The number of guanidine groups is 1. The zero-order valence-electron chi connectivity index (χ0n) is 14.1. The van der Waals surface area contributed by atoms with Gasteiger partial charge in [0.15, 0.2) is 17.5 Å². The second-order valence-corrected chi connectivity index (χ2v) is 5.78. The van der Waals surface area contributed by atoms with Crippen LogP contribution in [0.1, 0.15) is 18.2 Å². The summed E-state index contributed by atoms with van der Waals surface area (Å²) in [6.07, 6.45) is 1.65. The van der Waals surface area contributed by atoms with Crippen LogP contribution in [0.4, 0.5) is 0 Å². The SMILES string of the molecule is CCNC(=NCc1cc(OC)c(OC)cc1Br)NCc1ccco1. The highest BCUT2D eigenvalue weighted by molar-refractivity contribution is 9.10. The van der Waals surface area contributed by atoms with Crippen LogP contribution in [0.25, 0.3) is 0 Å². The van der Waals surface area contributed by atoms with Crippen molar-refractivity contribution in [3.05, 3.63) is 46.3 Å². The lowest BCUT2D eigenvalue weighted by Gasteiger charge is -2.13. The van der Waals surface area contributed by atoms with Gasteiger partial charge in [-0.15, -0.1) is 0 Å². The summed E-state index contributed by atoms with van der Waals surface area (Å²) < 4.78 is 16.9. The molecule has 7 heteroatoms. The predicted octanol–water partition coefficient (Wildman–Crippen LogP) is 3.31. The Morgan fingerprint density at radius 2 is 1.96 bits per heavy atom. The molecule has 6 nitrogen and oxygen atoms in total. The van der Waals surface area contributed by atoms with E-state index in [4.69, 9.17) is 13.9 Å². The number of benzene rings is 1. The van der Waals surface area contributed by atoms with Crippen molar-refractivity contribution in [2.45, 2.75) is 20.0 Å². The third-order valence-electron chi connectivity index (χ3n) is 3.31. The fraction of sp³-hybridized carbons (Fsp3) is 0.353. The fourth-order valence-electron chi connectivity index (χ4n) is 2.11. The van der Waals surface area contributed by atoms with Crippen molar-refractivity contribution in [3.8, 4) is 11.5 Å². The van der Waals surface area contributed by atoms with Crippen molar-refractivity contribution in [3.63, 3.8) is 0 Å². The summed E-state index contributed by atoms with van der Waals surface area (Å²) in [4.78, 5) is 4.60. The minimum Gasteiger partial charge on any atom is -0.493 e. The number of ether oxygens (including phenoxy) is 2. The topological polar surface area (TPSA) is 68.0 Å². The molecule has 0 bridgehead atoms. The van der Waals surface area contributed by atoms with E-state index in [1.807, 2.05) is 31.2 Å². The maximum atomic E-state index is 5.34. The van der Waals surface area contributed by atoms with Crippen molar-refractivity contribution in [1.29, 1.82) is 0 Å². The summed E-state index contributed by atoms with van der Waals surface area (Å²) in [5.41, 5.74) is 1.00. The second kappa shape index (κ2) is 9.22. The average molecular weight is 396 g/mol. The molecule has 2 aromatic rings. The van der Waals surface area contributed by atoms with Gasteiger partial charge in [0.05, 0.1) is 33.6 Å². The van der Waals surface area contributed by atoms with Crippen LogP contribution in [0.15, 0.2) is 44.4 Å². The van der Waals surface area contributed by atoms with Gasteiger partial charge in [0.2, 0.25) is 0 Å². The third kappa shape index (κ3) is 4.92. The molecule has 1 aromatic carbocycles. The summed E-state index contributed by atoms with van der Waals surface area (Å²) in [5, 5.41) is 6.45. The summed E-state index contributed by atoms with van der Waals surface area (Å²) in [6, 6.07) is 7.58. The van der Waals surface area contributed by atoms with Crippen LogP contribution in [-0.2, 0) is 13.1 Å². The van der Waals surface area contributed by atoms with E-state index in [0.717, 1.165) is 28.3 Å². The first kappa shape index (κ1) is 18.2. The van der Waals surface area contributed by atoms with Gasteiger partial charge < -0.3 is 24.5 Å². The molecule has 2 rings (SSSR count). The number of hydrogen-bond donors (Lipinski definition) is 2. The molecule has 0 amide bonds. The molecule has 24 heavy (non-hydrogen) atoms. The van der Waals surface area contributed by atoms with Gasteiger partial charge in [0.25, 0.3) is 0 Å². The first-order valence-corrected chi connectivity index (χ1v) is 8.42. The van der Waals surface area contributed by atoms with E-state index in [2.05, 4.69) is 31.6 Å². The fourth-order valence-corrected chi connectivity index (χ4v) is 2.56. The first-order chi connectivity index (χ1) is 11.7. The van der Waals surface area contributed by atoms with Crippen molar-refractivity contribution in [1.82, 2.24) is 10.6 Å². The van der Waals surface area contributed by atoms with Gasteiger partial charge >= 0.3 is 0 Å². The van der Waals surface area contributed by atoms with Gasteiger partial charge in [-0.05, 0) is 36.8 Å². The lowest BCUT2D eigenvalue weighted by atomic mass is 10.2. The molecule has 0 spiro atoms. The maximum absolute atomic E-state index is 5.34. The molecule has 0 radical (unpaired) electrons. The Balaban J connectivity index is 2.09. The first-order valence-electron chi connectivity index (χ1n) is 7.62. The molecule has 0 aliphatic heterocycles. The lowest BCUT2D eigenvalue weighted by Crippen LogP contribution is -2.36. The van der Waals surface area contributed by atoms with E-state index in [-0.39, 0.29) is 0 Å². The molecule has 1 aromatic heterocycles. The number of nitrogens with zero attached hydrogens (tertiary/aromatic N) is 1. The van der Waals surface area contributed by atoms with Crippen LogP contribution >= 0.6 is 15.9 Å². The van der Waals surface area contributed by atoms with Crippen LogP contribution in [0.5, 0.6) is 11.5 Å². The van der Waals surface area contributed by atoms with Crippen LogP contribution < -0.4 is 20.1 Å². The molecule has 130 valence electrons. The van der Waals surface area contributed by atoms with Crippen LogP contribution in [0, 0.1) is 0 Å². The average Bonchev–Trinajstić information content (AvgIpc) is 3.11. The van der Waals surface area contributed by atoms with Crippen molar-refractivity contribution in [2.75, 3.05) is 20.8 Å². The van der Waals surface area contributed by atoms with Crippen LogP contribution in [0.2, 0.25) is 0 Å². The van der Waals surface area contributed by atoms with Crippen molar-refractivity contribution in [2.24, 2.45) is 4.99 Å². The predicted molar refractivity (Wildman–Crippen MR) is 97.6 cm³/mol. The lowest BCUT2D eigenvalue weighted by molar-refractivity contribution is 0.354. The van der Waals surface area contributed by atoms with Gasteiger partial charge in [0.1, 0.15) is 5.76 Å². The standard InChI is InChI=1S/C17H22BrN3O3/c1-4-19-17(21-11-13-6-5-7-24-13)20-10-12-8-15(22-2)16(23-3)9-14(12)18/h5-9H,4,10-11H2,1-3H3,(H2,19,20,21). The van der Waals surface area contributed by atoms with E-state index in [1.165, 1.54) is 0 Å². The number of methoxy groups -OCH3 is 2. The number of nitrogens with one attached hydrogen (secondary N) is 2. The number of rotatable bonds is 7. The van der Waals surface area contributed by atoms with Crippen LogP contribution in [0.3, 0.4) is 0 Å². The van der Waals surface area contributed by atoms with Gasteiger partial charge in [-0.25, -0.2) is 4.99 Å². The highest BCUT2D eigenvalue weighted by Gasteiger charge is 2.09. The monoisotopic (exact) mass is 395 g/mol. The number of furan rings is 1. The summed E-state index contributed by atoms with van der Waals surface area (Å²) in [5.74, 6) is 2.93. The largest absolute Gasteiger partial charge is 0.493 e. The van der Waals surface area contributed by atoms with E-state index in [9.17, 15) is 0 Å². The molecule has 0 aliphatic rings. The normalized spacial score (nSPS) is 11.2. The molecule has 2 N–H and O–H groups in total. The molecule has 0 unspecified atom stereocenters. The minimum absolute atomic E-state index is 0.494. The third-order valence-corrected chi connectivity index (χ3v) is 4.05. The van der Waals surface area contributed by atoms with Gasteiger partial charge in [-0.2, -0.15) is 0 Å². The molecular weight excluding hydrogens is 374 g/mol. The van der Waals surface area contributed by atoms with Gasteiger partial charge in [-0.3, -0.25) is 0 Å². The van der Waals surface area contributed by atoms with Gasteiger partial charge in [-0.1, -0.05) is 15.9 Å². The zero-order chi connectivity index (χ0) is 17.4. The highest BCUT2D eigenvalue weighted by Crippen LogP contribution is 2.33. The summed E-state index contributed by atoms with van der Waals surface area (Å²) >= 11 is 3.55.